The van der Waals surface area contributed by atoms with Gasteiger partial charge < -0.3 is 4.74 Å². The third-order valence-electron chi connectivity index (χ3n) is 2.84. The van der Waals surface area contributed by atoms with Crippen LogP contribution >= 0.6 is 15.9 Å². The first-order chi connectivity index (χ1) is 9.74. The molecule has 2 aromatic carbocycles. The Morgan fingerprint density at radius 2 is 1.70 bits per heavy atom. The van der Waals surface area contributed by atoms with Gasteiger partial charge in [0.1, 0.15) is 0 Å². The van der Waals surface area contributed by atoms with Crippen LogP contribution in [0.15, 0.2) is 69.8 Å². The van der Waals surface area contributed by atoms with Gasteiger partial charge in [-0.3, -0.25) is 0 Å². The molecule has 98 valence electrons. The topological polar surface area (TPSA) is 38.7 Å². The van der Waals surface area contributed by atoms with E-state index in [0.717, 1.165) is 15.6 Å². The average molecular weight is 328 g/mol. The van der Waals surface area contributed by atoms with Gasteiger partial charge in [-0.1, -0.05) is 52.3 Å². The number of halogens is 1. The summed E-state index contributed by atoms with van der Waals surface area (Å²) in [7, 11) is 0. The number of aliphatic imine (C=N–C) groups is 1. The van der Waals surface area contributed by atoms with E-state index in [0.29, 0.717) is 11.6 Å². The molecule has 20 heavy (non-hydrogen) atoms. The lowest BCUT2D eigenvalue weighted by Crippen LogP contribution is -2.04. The SMILES string of the molecule is O=C1OC(c2ccccc2)=N/C1=C/c1ccccc1Br. The first-order valence-corrected chi connectivity index (χ1v) is 6.86. The zero-order chi connectivity index (χ0) is 13.9. The predicted molar refractivity (Wildman–Crippen MR) is 81.2 cm³/mol. The van der Waals surface area contributed by atoms with E-state index in [1.54, 1.807) is 6.08 Å². The largest absolute Gasteiger partial charge is 0.402 e. The van der Waals surface area contributed by atoms with E-state index < -0.39 is 5.97 Å². The molecule has 1 heterocycles. The molecule has 0 aromatic heterocycles. The minimum atomic E-state index is -0.431. The number of rotatable bonds is 2. The summed E-state index contributed by atoms with van der Waals surface area (Å²) in [6.07, 6.45) is 1.71. The Hall–Kier alpha value is -2.20. The molecule has 0 saturated heterocycles. The number of benzene rings is 2. The van der Waals surface area contributed by atoms with Crippen molar-refractivity contribution in [2.45, 2.75) is 0 Å². The molecule has 3 nitrogen and oxygen atoms in total. The molecule has 0 fully saturated rings. The fourth-order valence-electron chi connectivity index (χ4n) is 1.85. The summed E-state index contributed by atoms with van der Waals surface area (Å²) in [5.41, 5.74) is 1.98. The van der Waals surface area contributed by atoms with Gasteiger partial charge in [0.2, 0.25) is 5.90 Å². The third kappa shape index (κ3) is 2.56. The maximum absolute atomic E-state index is 11.9. The highest BCUT2D eigenvalue weighted by Gasteiger charge is 2.24. The number of esters is 1. The van der Waals surface area contributed by atoms with E-state index in [4.69, 9.17) is 4.74 Å². The Kier molecular flexibility index (Phi) is 3.48. The molecule has 0 bridgehead atoms. The van der Waals surface area contributed by atoms with Crippen LogP contribution in [0.5, 0.6) is 0 Å². The minimum absolute atomic E-state index is 0.302. The molecule has 0 radical (unpaired) electrons. The van der Waals surface area contributed by atoms with Gasteiger partial charge in [-0.15, -0.1) is 0 Å². The molecular weight excluding hydrogens is 318 g/mol. The van der Waals surface area contributed by atoms with Crippen molar-refractivity contribution < 1.29 is 9.53 Å². The van der Waals surface area contributed by atoms with Gasteiger partial charge in [-0.05, 0) is 29.8 Å². The van der Waals surface area contributed by atoms with Crippen LogP contribution in [0.1, 0.15) is 11.1 Å². The van der Waals surface area contributed by atoms with E-state index in [-0.39, 0.29) is 0 Å². The molecule has 4 heteroatoms. The Balaban J connectivity index is 1.97. The quantitative estimate of drug-likeness (QED) is 0.621. The second-order valence-electron chi connectivity index (χ2n) is 4.22. The van der Waals surface area contributed by atoms with E-state index >= 15 is 0 Å². The second-order valence-corrected chi connectivity index (χ2v) is 5.08. The molecule has 2 aromatic rings. The summed E-state index contributed by atoms with van der Waals surface area (Å²) in [5.74, 6) is -0.0893. The first-order valence-electron chi connectivity index (χ1n) is 6.06. The molecule has 3 rings (SSSR count). The summed E-state index contributed by atoms with van der Waals surface area (Å²) in [5, 5.41) is 0. The standard InChI is InChI=1S/C16H10BrNO2/c17-13-9-5-4-8-12(13)10-14-16(19)20-15(18-14)11-6-2-1-3-7-11/h1-10H/b14-10+. The molecular formula is C16H10BrNO2. The van der Waals surface area contributed by atoms with Gasteiger partial charge in [-0.25, -0.2) is 9.79 Å². The van der Waals surface area contributed by atoms with Crippen LogP contribution in [0.25, 0.3) is 6.08 Å². The van der Waals surface area contributed by atoms with Crippen molar-refractivity contribution in [1.82, 2.24) is 0 Å². The zero-order valence-electron chi connectivity index (χ0n) is 10.4. The zero-order valence-corrected chi connectivity index (χ0v) is 12.0. The lowest BCUT2D eigenvalue weighted by molar-refractivity contribution is -0.129. The smallest absolute Gasteiger partial charge is 0.363 e. The maximum atomic E-state index is 11.9. The summed E-state index contributed by atoms with van der Waals surface area (Å²) in [6, 6.07) is 17.0. The Morgan fingerprint density at radius 3 is 2.45 bits per heavy atom. The monoisotopic (exact) mass is 327 g/mol. The maximum Gasteiger partial charge on any atom is 0.363 e. The Morgan fingerprint density at radius 1 is 1.00 bits per heavy atom. The van der Waals surface area contributed by atoms with Crippen LogP contribution in [-0.2, 0) is 9.53 Å². The lowest BCUT2D eigenvalue weighted by Gasteiger charge is -1.97. The van der Waals surface area contributed by atoms with E-state index in [9.17, 15) is 4.79 Å². The van der Waals surface area contributed by atoms with Crippen molar-refractivity contribution in [3.05, 3.63) is 75.9 Å². The fourth-order valence-corrected chi connectivity index (χ4v) is 2.25. The summed E-state index contributed by atoms with van der Waals surface area (Å²) in [4.78, 5) is 16.1. The van der Waals surface area contributed by atoms with E-state index in [1.165, 1.54) is 0 Å². The fraction of sp³-hybridized carbons (Fsp3) is 0. The Labute approximate surface area is 124 Å². The Bertz CT molecular complexity index is 720. The predicted octanol–water partition coefficient (Wildman–Crippen LogP) is 3.79. The van der Waals surface area contributed by atoms with Crippen LogP contribution in [0.4, 0.5) is 0 Å². The van der Waals surface area contributed by atoms with Gasteiger partial charge in [0.05, 0.1) is 0 Å². The van der Waals surface area contributed by atoms with Crippen LogP contribution < -0.4 is 0 Å². The van der Waals surface area contributed by atoms with Crippen LogP contribution in [0.3, 0.4) is 0 Å². The van der Waals surface area contributed by atoms with Crippen molar-refractivity contribution >= 4 is 33.9 Å². The minimum Gasteiger partial charge on any atom is -0.402 e. The lowest BCUT2D eigenvalue weighted by atomic mass is 10.2. The summed E-state index contributed by atoms with van der Waals surface area (Å²) >= 11 is 3.44. The number of hydrogen-bond acceptors (Lipinski definition) is 3. The van der Waals surface area contributed by atoms with Crippen LogP contribution in [-0.4, -0.2) is 11.9 Å². The van der Waals surface area contributed by atoms with Gasteiger partial charge in [0.15, 0.2) is 5.70 Å². The van der Waals surface area contributed by atoms with E-state index in [1.807, 2.05) is 54.6 Å². The number of cyclic esters (lactones) is 1. The number of carbonyl (C=O) groups is 1. The number of hydrogen-bond donors (Lipinski definition) is 0. The highest BCUT2D eigenvalue weighted by molar-refractivity contribution is 9.10. The van der Waals surface area contributed by atoms with Gasteiger partial charge >= 0.3 is 5.97 Å². The molecule has 1 aliphatic heterocycles. The highest BCUT2D eigenvalue weighted by Crippen LogP contribution is 2.23. The van der Waals surface area contributed by atoms with Crippen molar-refractivity contribution in [2.24, 2.45) is 4.99 Å². The molecule has 0 atom stereocenters. The van der Waals surface area contributed by atoms with Crippen LogP contribution in [0, 0.1) is 0 Å². The molecule has 1 aliphatic rings. The van der Waals surface area contributed by atoms with Gasteiger partial charge in [0, 0.05) is 10.0 Å². The number of ether oxygens (including phenoxy) is 1. The molecule has 0 aliphatic carbocycles. The summed E-state index contributed by atoms with van der Waals surface area (Å²) < 4.78 is 6.11. The highest BCUT2D eigenvalue weighted by atomic mass is 79.9. The van der Waals surface area contributed by atoms with Crippen LogP contribution in [0.2, 0.25) is 0 Å². The molecule has 0 unspecified atom stereocenters. The first kappa shape index (κ1) is 12.8. The van der Waals surface area contributed by atoms with Crippen molar-refractivity contribution in [3.63, 3.8) is 0 Å². The van der Waals surface area contributed by atoms with Gasteiger partial charge in [-0.2, -0.15) is 0 Å². The van der Waals surface area contributed by atoms with Crippen molar-refractivity contribution in [2.75, 3.05) is 0 Å². The van der Waals surface area contributed by atoms with E-state index in [2.05, 4.69) is 20.9 Å². The second kappa shape index (κ2) is 5.43. The normalized spacial score (nSPS) is 16.1. The van der Waals surface area contributed by atoms with Crippen molar-refractivity contribution in [1.29, 1.82) is 0 Å². The molecule has 0 N–H and O–H groups in total. The van der Waals surface area contributed by atoms with Crippen molar-refractivity contribution in [3.8, 4) is 0 Å². The number of nitrogens with zero attached hydrogens (tertiary/aromatic N) is 1. The molecule has 0 spiro atoms. The molecule has 0 saturated carbocycles. The van der Waals surface area contributed by atoms with Gasteiger partial charge in [0.25, 0.3) is 0 Å². The number of carbonyl (C=O) groups excluding carboxylic acids is 1. The summed E-state index contributed by atoms with van der Waals surface area (Å²) in [6.45, 7) is 0. The third-order valence-corrected chi connectivity index (χ3v) is 3.56. The average Bonchev–Trinajstić information content (AvgIpc) is 2.84. The molecule has 0 amide bonds.